The Hall–Kier alpha value is -1.59. The molecule has 0 aliphatic carbocycles. The molecular weight excluding hydrogens is 210 g/mol. The predicted octanol–water partition coefficient (Wildman–Crippen LogP) is -0.0297. The van der Waals surface area contributed by atoms with E-state index in [-0.39, 0.29) is 12.2 Å². The van der Waals surface area contributed by atoms with Gasteiger partial charge < -0.3 is 21.1 Å². The molecule has 5 N–H and O–H groups in total. The molecule has 0 radical (unpaired) electrons. The summed E-state index contributed by atoms with van der Waals surface area (Å²) < 4.78 is 0. The van der Waals surface area contributed by atoms with Crippen molar-refractivity contribution in [1.82, 2.24) is 0 Å². The fourth-order valence-electron chi connectivity index (χ4n) is 1.40. The van der Waals surface area contributed by atoms with E-state index in [0.717, 1.165) is 0 Å². The van der Waals surface area contributed by atoms with E-state index in [9.17, 15) is 20.1 Å². The third-order valence-corrected chi connectivity index (χ3v) is 2.34. The van der Waals surface area contributed by atoms with E-state index in [1.807, 2.05) is 0 Å². The highest BCUT2D eigenvalue weighted by Gasteiger charge is 2.20. The molecule has 0 aliphatic heterocycles. The number of hydrogen-bond donors (Lipinski definition) is 4. The first kappa shape index (κ1) is 12.5. The van der Waals surface area contributed by atoms with Crippen LogP contribution < -0.4 is 5.73 Å². The fourth-order valence-corrected chi connectivity index (χ4v) is 1.40. The molecule has 2 atom stereocenters. The topological polar surface area (TPSA) is 104 Å². The molecule has 1 rings (SSSR count). The van der Waals surface area contributed by atoms with E-state index in [4.69, 9.17) is 5.73 Å². The number of primary amides is 1. The lowest BCUT2D eigenvalue weighted by Gasteiger charge is -2.17. The van der Waals surface area contributed by atoms with Crippen LogP contribution in [0, 0.1) is 6.92 Å². The lowest BCUT2D eigenvalue weighted by Crippen LogP contribution is -2.25. The van der Waals surface area contributed by atoms with Crippen molar-refractivity contribution in [3.05, 3.63) is 29.3 Å². The highest BCUT2D eigenvalue weighted by Crippen LogP contribution is 2.24. The van der Waals surface area contributed by atoms with Crippen molar-refractivity contribution in [3.63, 3.8) is 0 Å². The average Bonchev–Trinajstić information content (AvgIpc) is 2.20. The molecule has 16 heavy (non-hydrogen) atoms. The first-order valence-electron chi connectivity index (χ1n) is 4.85. The van der Waals surface area contributed by atoms with Gasteiger partial charge >= 0.3 is 0 Å². The molecule has 2 unspecified atom stereocenters. The largest absolute Gasteiger partial charge is 0.508 e. The summed E-state index contributed by atoms with van der Waals surface area (Å²) in [5, 5.41) is 28.5. The Morgan fingerprint density at radius 2 is 2.06 bits per heavy atom. The predicted molar refractivity (Wildman–Crippen MR) is 57.6 cm³/mol. The van der Waals surface area contributed by atoms with Crippen LogP contribution >= 0.6 is 0 Å². The zero-order valence-corrected chi connectivity index (χ0v) is 8.92. The van der Waals surface area contributed by atoms with Gasteiger partial charge in [-0.2, -0.15) is 0 Å². The number of aromatic hydroxyl groups is 1. The van der Waals surface area contributed by atoms with Crippen LogP contribution in [-0.2, 0) is 4.79 Å². The number of phenolic OH excluding ortho intramolecular Hbond substituents is 1. The van der Waals surface area contributed by atoms with E-state index in [0.29, 0.717) is 11.1 Å². The minimum Gasteiger partial charge on any atom is -0.508 e. The van der Waals surface area contributed by atoms with Gasteiger partial charge in [-0.15, -0.1) is 0 Å². The van der Waals surface area contributed by atoms with E-state index >= 15 is 0 Å². The van der Waals surface area contributed by atoms with Crippen LogP contribution in [0.2, 0.25) is 0 Å². The normalized spacial score (nSPS) is 14.4. The smallest absolute Gasteiger partial charge is 0.220 e. The van der Waals surface area contributed by atoms with Gasteiger partial charge in [0.15, 0.2) is 0 Å². The van der Waals surface area contributed by atoms with E-state index in [1.54, 1.807) is 13.0 Å². The summed E-state index contributed by atoms with van der Waals surface area (Å²) in [5.41, 5.74) is 5.93. The molecule has 0 saturated heterocycles. The zero-order chi connectivity index (χ0) is 12.3. The van der Waals surface area contributed by atoms with Crippen molar-refractivity contribution in [2.45, 2.75) is 25.6 Å². The standard InChI is InChI=1S/C11H15NO4/c1-6-4-7(2-3-8(6)13)11(16)9(14)5-10(12)15/h2-4,9,11,13-14,16H,5H2,1H3,(H2,12,15). The number of carbonyl (C=O) groups is 1. The molecule has 1 amide bonds. The monoisotopic (exact) mass is 225 g/mol. The number of carbonyl (C=O) groups excluding carboxylic acids is 1. The van der Waals surface area contributed by atoms with Gasteiger partial charge in [-0.1, -0.05) is 6.07 Å². The van der Waals surface area contributed by atoms with Crippen LogP contribution in [0.5, 0.6) is 5.75 Å². The highest BCUT2D eigenvalue weighted by molar-refractivity contribution is 5.74. The van der Waals surface area contributed by atoms with Crippen LogP contribution in [0.1, 0.15) is 23.7 Å². The average molecular weight is 225 g/mol. The van der Waals surface area contributed by atoms with Crippen LogP contribution in [0.15, 0.2) is 18.2 Å². The van der Waals surface area contributed by atoms with Gasteiger partial charge in [-0.05, 0) is 30.2 Å². The Labute approximate surface area is 93.1 Å². The maximum Gasteiger partial charge on any atom is 0.220 e. The van der Waals surface area contributed by atoms with Crippen molar-refractivity contribution < 1.29 is 20.1 Å². The Morgan fingerprint density at radius 3 is 2.56 bits per heavy atom. The summed E-state index contributed by atoms with van der Waals surface area (Å²) in [7, 11) is 0. The lowest BCUT2D eigenvalue weighted by molar-refractivity contribution is -0.121. The number of nitrogens with two attached hydrogens (primary N) is 1. The number of benzene rings is 1. The molecule has 0 fully saturated rings. The molecule has 1 aromatic carbocycles. The van der Waals surface area contributed by atoms with Crippen molar-refractivity contribution in [3.8, 4) is 5.75 Å². The van der Waals surface area contributed by atoms with Crippen molar-refractivity contribution in [1.29, 1.82) is 0 Å². The van der Waals surface area contributed by atoms with Crippen molar-refractivity contribution in [2.24, 2.45) is 5.73 Å². The van der Waals surface area contributed by atoms with E-state index in [1.165, 1.54) is 12.1 Å². The number of rotatable bonds is 4. The number of aliphatic hydroxyl groups is 2. The molecule has 0 spiro atoms. The summed E-state index contributed by atoms with van der Waals surface area (Å²) in [6, 6.07) is 4.45. The number of phenols is 1. The Bertz CT molecular complexity index is 392. The fraction of sp³-hybridized carbons (Fsp3) is 0.364. The van der Waals surface area contributed by atoms with Gasteiger partial charge in [-0.3, -0.25) is 4.79 Å². The first-order chi connectivity index (χ1) is 7.41. The molecule has 0 bridgehead atoms. The summed E-state index contributed by atoms with van der Waals surface area (Å²) in [6.07, 6.45) is -2.73. The SMILES string of the molecule is Cc1cc(C(O)C(O)CC(N)=O)ccc1O. The summed E-state index contributed by atoms with van der Waals surface area (Å²) >= 11 is 0. The quantitative estimate of drug-likeness (QED) is 0.577. The molecule has 5 nitrogen and oxygen atoms in total. The number of aryl methyl sites for hydroxylation is 1. The highest BCUT2D eigenvalue weighted by atomic mass is 16.3. The maximum absolute atomic E-state index is 10.6. The summed E-state index contributed by atoms with van der Waals surface area (Å²) in [5.74, 6) is -0.567. The van der Waals surface area contributed by atoms with Crippen LogP contribution in [0.3, 0.4) is 0 Å². The first-order valence-corrected chi connectivity index (χ1v) is 4.85. The molecule has 0 aliphatic rings. The molecule has 88 valence electrons. The number of amides is 1. The third-order valence-electron chi connectivity index (χ3n) is 2.34. The Morgan fingerprint density at radius 1 is 1.44 bits per heavy atom. The third kappa shape index (κ3) is 2.95. The molecule has 0 saturated carbocycles. The van der Waals surface area contributed by atoms with Crippen LogP contribution in [0.25, 0.3) is 0 Å². The molecule has 1 aromatic rings. The van der Waals surface area contributed by atoms with Gasteiger partial charge in [0.25, 0.3) is 0 Å². The number of hydrogen-bond acceptors (Lipinski definition) is 4. The van der Waals surface area contributed by atoms with Gasteiger partial charge in [0.05, 0.1) is 12.5 Å². The molecule has 0 heterocycles. The second-order valence-corrected chi connectivity index (χ2v) is 3.73. The van der Waals surface area contributed by atoms with Gasteiger partial charge in [0.1, 0.15) is 11.9 Å². The number of aliphatic hydroxyl groups excluding tert-OH is 2. The van der Waals surface area contributed by atoms with E-state index < -0.39 is 18.1 Å². The molecule has 0 aromatic heterocycles. The van der Waals surface area contributed by atoms with Gasteiger partial charge in [0.2, 0.25) is 5.91 Å². The second-order valence-electron chi connectivity index (χ2n) is 3.73. The Balaban J connectivity index is 2.83. The van der Waals surface area contributed by atoms with Gasteiger partial charge in [0, 0.05) is 0 Å². The lowest BCUT2D eigenvalue weighted by atomic mass is 10.00. The minimum absolute atomic E-state index is 0.111. The van der Waals surface area contributed by atoms with E-state index in [2.05, 4.69) is 0 Å². The second kappa shape index (κ2) is 4.96. The Kier molecular flexibility index (Phi) is 3.87. The van der Waals surface area contributed by atoms with Crippen molar-refractivity contribution in [2.75, 3.05) is 0 Å². The maximum atomic E-state index is 10.6. The summed E-state index contributed by atoms with van der Waals surface area (Å²) in [6.45, 7) is 1.67. The van der Waals surface area contributed by atoms with Gasteiger partial charge in [-0.25, -0.2) is 0 Å². The van der Waals surface area contributed by atoms with Crippen LogP contribution in [-0.4, -0.2) is 27.3 Å². The van der Waals surface area contributed by atoms with Crippen LogP contribution in [0.4, 0.5) is 0 Å². The molecular formula is C11H15NO4. The minimum atomic E-state index is -1.23. The summed E-state index contributed by atoms with van der Waals surface area (Å²) in [4.78, 5) is 10.6. The zero-order valence-electron chi connectivity index (χ0n) is 8.92. The molecule has 5 heteroatoms. The van der Waals surface area contributed by atoms with Crippen molar-refractivity contribution >= 4 is 5.91 Å².